The van der Waals surface area contributed by atoms with Gasteiger partial charge in [-0.1, -0.05) is 17.3 Å². The Kier molecular flexibility index (Phi) is 5.23. The van der Waals surface area contributed by atoms with E-state index in [1.54, 1.807) is 30.3 Å². The lowest BCUT2D eigenvalue weighted by Gasteiger charge is -2.13. The molecule has 0 aliphatic rings. The second-order valence-corrected chi connectivity index (χ2v) is 8.22. The van der Waals surface area contributed by atoms with E-state index in [0.29, 0.717) is 12.2 Å². The Hall–Kier alpha value is -2.80. The molecule has 2 aromatic carbocycles. The molecule has 0 aliphatic carbocycles. The molecule has 3 aromatic rings. The zero-order chi connectivity index (χ0) is 19.6. The number of aryl methyl sites for hydroxylation is 3. The van der Waals surface area contributed by atoms with Crippen molar-refractivity contribution in [2.45, 2.75) is 39.1 Å². The summed E-state index contributed by atoms with van der Waals surface area (Å²) in [5.74, 6) is 0.775. The Morgan fingerprint density at radius 2 is 1.70 bits per heavy atom. The second-order valence-electron chi connectivity index (χ2n) is 6.53. The van der Waals surface area contributed by atoms with Crippen LogP contribution in [0.2, 0.25) is 0 Å². The van der Waals surface area contributed by atoms with Crippen LogP contribution in [0.5, 0.6) is 0 Å². The molecule has 2 N–H and O–H groups in total. The average molecular weight is 385 g/mol. The highest BCUT2D eigenvalue weighted by Crippen LogP contribution is 2.23. The van der Waals surface area contributed by atoms with Gasteiger partial charge in [-0.05, 0) is 69.2 Å². The van der Waals surface area contributed by atoms with Gasteiger partial charge in [0.25, 0.3) is 10.0 Å². The topological polar surface area (TPSA) is 84.2 Å². The monoisotopic (exact) mass is 385 g/mol. The predicted molar refractivity (Wildman–Crippen MR) is 106 cm³/mol. The standard InChI is InChI=1S/C20H23N3O3S/c1-13-6-5-7-20(14(13)2)23-27(24,25)18-10-8-17(9-11-18)21-12-19-15(3)22-26-16(19)4/h5-11,21,23H,12H2,1-4H3. The Balaban J connectivity index is 1.73. The molecular formula is C20H23N3O3S. The highest BCUT2D eigenvalue weighted by atomic mass is 32.2. The number of hydrogen-bond donors (Lipinski definition) is 2. The molecule has 142 valence electrons. The van der Waals surface area contributed by atoms with Crippen LogP contribution >= 0.6 is 0 Å². The van der Waals surface area contributed by atoms with Crippen LogP contribution in [0.25, 0.3) is 0 Å². The summed E-state index contributed by atoms with van der Waals surface area (Å²) in [7, 11) is -3.64. The van der Waals surface area contributed by atoms with Crippen LogP contribution in [0, 0.1) is 27.7 Å². The molecule has 0 amide bonds. The highest BCUT2D eigenvalue weighted by Gasteiger charge is 2.16. The van der Waals surface area contributed by atoms with E-state index in [0.717, 1.165) is 33.8 Å². The van der Waals surface area contributed by atoms with Gasteiger partial charge in [-0.2, -0.15) is 0 Å². The molecule has 1 heterocycles. The number of sulfonamides is 1. The minimum Gasteiger partial charge on any atom is -0.381 e. The van der Waals surface area contributed by atoms with Gasteiger partial charge in [0.05, 0.1) is 16.3 Å². The van der Waals surface area contributed by atoms with Crippen molar-refractivity contribution in [1.29, 1.82) is 0 Å². The summed E-state index contributed by atoms with van der Waals surface area (Å²) in [6.45, 7) is 8.17. The minimum atomic E-state index is -3.64. The maximum Gasteiger partial charge on any atom is 0.261 e. The predicted octanol–water partition coefficient (Wildman–Crippen LogP) is 4.32. The maximum absolute atomic E-state index is 12.7. The molecule has 0 radical (unpaired) electrons. The zero-order valence-electron chi connectivity index (χ0n) is 15.8. The molecule has 0 unspecified atom stereocenters. The number of anilines is 2. The molecule has 0 saturated heterocycles. The summed E-state index contributed by atoms with van der Waals surface area (Å²) in [5.41, 5.74) is 5.21. The normalized spacial score (nSPS) is 11.4. The van der Waals surface area contributed by atoms with Gasteiger partial charge in [0.2, 0.25) is 0 Å². The van der Waals surface area contributed by atoms with Crippen molar-refractivity contribution in [3.8, 4) is 0 Å². The SMILES string of the molecule is Cc1cccc(NS(=O)(=O)c2ccc(NCc3c(C)noc3C)cc2)c1C. The summed E-state index contributed by atoms with van der Waals surface area (Å²) >= 11 is 0. The molecule has 1 aromatic heterocycles. The first-order valence-electron chi connectivity index (χ1n) is 8.62. The van der Waals surface area contributed by atoms with E-state index in [1.807, 2.05) is 39.8 Å². The van der Waals surface area contributed by atoms with Gasteiger partial charge in [-0.25, -0.2) is 8.42 Å². The Morgan fingerprint density at radius 3 is 2.33 bits per heavy atom. The first-order chi connectivity index (χ1) is 12.8. The van der Waals surface area contributed by atoms with E-state index < -0.39 is 10.0 Å². The number of nitrogens with one attached hydrogen (secondary N) is 2. The van der Waals surface area contributed by atoms with Crippen LogP contribution in [0.1, 0.15) is 28.1 Å². The van der Waals surface area contributed by atoms with E-state index >= 15 is 0 Å². The largest absolute Gasteiger partial charge is 0.381 e. The third kappa shape index (κ3) is 4.14. The number of rotatable bonds is 6. The molecule has 0 spiro atoms. The highest BCUT2D eigenvalue weighted by molar-refractivity contribution is 7.92. The van der Waals surface area contributed by atoms with Crippen molar-refractivity contribution in [3.05, 3.63) is 70.6 Å². The minimum absolute atomic E-state index is 0.214. The number of aromatic nitrogens is 1. The van der Waals surface area contributed by atoms with E-state index in [9.17, 15) is 8.42 Å². The fraction of sp³-hybridized carbons (Fsp3) is 0.250. The molecule has 6 nitrogen and oxygen atoms in total. The molecular weight excluding hydrogens is 362 g/mol. The van der Waals surface area contributed by atoms with Crippen LogP contribution < -0.4 is 10.0 Å². The lowest BCUT2D eigenvalue weighted by molar-refractivity contribution is 0.392. The maximum atomic E-state index is 12.7. The lowest BCUT2D eigenvalue weighted by Crippen LogP contribution is -2.14. The molecule has 0 aliphatic heterocycles. The fourth-order valence-electron chi connectivity index (χ4n) is 2.76. The third-order valence-electron chi connectivity index (χ3n) is 4.66. The molecule has 0 saturated carbocycles. The van der Waals surface area contributed by atoms with Crippen LogP contribution in [-0.4, -0.2) is 13.6 Å². The second kappa shape index (κ2) is 7.44. The van der Waals surface area contributed by atoms with E-state index in [4.69, 9.17) is 4.52 Å². The van der Waals surface area contributed by atoms with Crippen molar-refractivity contribution in [2.24, 2.45) is 0 Å². The van der Waals surface area contributed by atoms with Crippen LogP contribution in [0.3, 0.4) is 0 Å². The fourth-order valence-corrected chi connectivity index (χ4v) is 3.88. The lowest BCUT2D eigenvalue weighted by atomic mass is 10.1. The van der Waals surface area contributed by atoms with Crippen molar-refractivity contribution < 1.29 is 12.9 Å². The molecule has 0 bridgehead atoms. The Labute approximate surface area is 159 Å². The summed E-state index contributed by atoms with van der Waals surface area (Å²) in [5, 5.41) is 7.18. The van der Waals surface area contributed by atoms with Crippen molar-refractivity contribution >= 4 is 21.4 Å². The summed E-state index contributed by atoms with van der Waals surface area (Å²) in [6, 6.07) is 12.2. The number of benzene rings is 2. The summed E-state index contributed by atoms with van der Waals surface area (Å²) < 4.78 is 33.1. The third-order valence-corrected chi connectivity index (χ3v) is 6.05. The number of hydrogen-bond acceptors (Lipinski definition) is 5. The smallest absolute Gasteiger partial charge is 0.261 e. The Morgan fingerprint density at radius 1 is 1.00 bits per heavy atom. The van der Waals surface area contributed by atoms with E-state index in [2.05, 4.69) is 15.2 Å². The van der Waals surface area contributed by atoms with Gasteiger partial charge in [0.15, 0.2) is 0 Å². The quantitative estimate of drug-likeness (QED) is 0.660. The molecule has 27 heavy (non-hydrogen) atoms. The first-order valence-corrected chi connectivity index (χ1v) is 10.1. The molecule has 0 fully saturated rings. The van der Waals surface area contributed by atoms with E-state index in [1.165, 1.54) is 0 Å². The van der Waals surface area contributed by atoms with Crippen molar-refractivity contribution in [2.75, 3.05) is 10.0 Å². The van der Waals surface area contributed by atoms with Crippen LogP contribution in [0.4, 0.5) is 11.4 Å². The van der Waals surface area contributed by atoms with Gasteiger partial charge in [-0.3, -0.25) is 4.72 Å². The van der Waals surface area contributed by atoms with Gasteiger partial charge in [0.1, 0.15) is 5.76 Å². The van der Waals surface area contributed by atoms with Crippen molar-refractivity contribution in [1.82, 2.24) is 5.16 Å². The van der Waals surface area contributed by atoms with Crippen LogP contribution in [-0.2, 0) is 16.6 Å². The van der Waals surface area contributed by atoms with Gasteiger partial charge in [-0.15, -0.1) is 0 Å². The first kappa shape index (κ1) is 19.0. The molecule has 7 heteroatoms. The molecule has 3 rings (SSSR count). The Bertz CT molecular complexity index is 1040. The zero-order valence-corrected chi connectivity index (χ0v) is 16.6. The van der Waals surface area contributed by atoms with Gasteiger partial charge in [0, 0.05) is 17.8 Å². The number of nitrogens with zero attached hydrogens (tertiary/aromatic N) is 1. The van der Waals surface area contributed by atoms with Gasteiger partial charge >= 0.3 is 0 Å². The average Bonchev–Trinajstić information content (AvgIpc) is 2.95. The van der Waals surface area contributed by atoms with E-state index in [-0.39, 0.29) is 4.90 Å². The van der Waals surface area contributed by atoms with Crippen molar-refractivity contribution in [3.63, 3.8) is 0 Å². The summed E-state index contributed by atoms with van der Waals surface area (Å²) in [6.07, 6.45) is 0. The van der Waals surface area contributed by atoms with Crippen LogP contribution in [0.15, 0.2) is 51.9 Å². The summed E-state index contributed by atoms with van der Waals surface area (Å²) in [4.78, 5) is 0.214. The van der Waals surface area contributed by atoms with Gasteiger partial charge < -0.3 is 9.84 Å². The molecule has 0 atom stereocenters.